The van der Waals surface area contributed by atoms with E-state index in [1.165, 1.54) is 43.8 Å². The molecule has 0 amide bonds. The van der Waals surface area contributed by atoms with Crippen LogP contribution in [0.2, 0.25) is 0 Å². The van der Waals surface area contributed by atoms with Crippen molar-refractivity contribution < 1.29 is 0 Å². The van der Waals surface area contributed by atoms with Gasteiger partial charge < -0.3 is 5.32 Å². The van der Waals surface area contributed by atoms with Crippen LogP contribution in [-0.2, 0) is 0 Å². The summed E-state index contributed by atoms with van der Waals surface area (Å²) >= 11 is 0. The van der Waals surface area contributed by atoms with E-state index in [2.05, 4.69) is 264 Å². The molecule has 3 atom stereocenters. The van der Waals surface area contributed by atoms with E-state index in [1.54, 1.807) is 0 Å². The predicted octanol–water partition coefficient (Wildman–Crippen LogP) is 17.8. The number of rotatable bonds is 11. The summed E-state index contributed by atoms with van der Waals surface area (Å²) in [4.78, 5) is 11.1. The van der Waals surface area contributed by atoms with Crippen LogP contribution in [0.3, 0.4) is 0 Å². The average molecular weight is 980 g/mol. The Morgan fingerprint density at radius 2 is 0.973 bits per heavy atom. The molecule has 1 aliphatic carbocycles. The quantitative estimate of drug-likeness (QED) is 0.102. The Kier molecular flexibility index (Phi) is 17.9. The highest BCUT2D eigenvalue weighted by molar-refractivity contribution is 6.12. The van der Waals surface area contributed by atoms with Crippen molar-refractivity contribution in [2.24, 2.45) is 21.3 Å². The molecular weight excluding hydrogens is 907 g/mol. The summed E-state index contributed by atoms with van der Waals surface area (Å²) in [5.41, 5.74) is 17.2. The van der Waals surface area contributed by atoms with Crippen LogP contribution in [0.25, 0.3) is 73.5 Å². The van der Waals surface area contributed by atoms with Crippen LogP contribution in [0, 0.1) is 11.3 Å². The molecule has 3 unspecified atom stereocenters. The summed E-state index contributed by atoms with van der Waals surface area (Å²) in [6.45, 7) is 21.7. The molecule has 0 radical (unpaired) electrons. The molecular formula is C72H73N3. The number of fused-ring (bicyclic) bond motifs is 1. The number of allylic oxidation sites excluding steroid dienone is 4. The second kappa shape index (κ2) is 25.2. The molecule has 376 valence electrons. The first-order chi connectivity index (χ1) is 36.7. The van der Waals surface area contributed by atoms with Gasteiger partial charge in [0.1, 0.15) is 0 Å². The Morgan fingerprint density at radius 1 is 0.520 bits per heavy atom. The third-order valence-corrected chi connectivity index (χ3v) is 14.4. The van der Waals surface area contributed by atoms with Gasteiger partial charge in [-0.1, -0.05) is 231 Å². The molecule has 3 nitrogen and oxygen atoms in total. The first-order valence-electron chi connectivity index (χ1n) is 27.1. The molecule has 1 heterocycles. The Hall–Kier alpha value is -8.14. The maximum atomic E-state index is 5.54. The van der Waals surface area contributed by atoms with Gasteiger partial charge in [0.25, 0.3) is 0 Å². The van der Waals surface area contributed by atoms with Crippen LogP contribution >= 0.6 is 0 Å². The van der Waals surface area contributed by atoms with Crippen LogP contribution < -0.4 is 15.8 Å². The third kappa shape index (κ3) is 12.6. The van der Waals surface area contributed by atoms with Gasteiger partial charge in [0.2, 0.25) is 0 Å². The zero-order valence-corrected chi connectivity index (χ0v) is 45.3. The van der Waals surface area contributed by atoms with Crippen LogP contribution in [-0.4, -0.2) is 17.6 Å². The van der Waals surface area contributed by atoms with Gasteiger partial charge in [-0.25, -0.2) is 9.98 Å². The third-order valence-electron chi connectivity index (χ3n) is 14.4. The van der Waals surface area contributed by atoms with E-state index in [9.17, 15) is 0 Å². The average Bonchev–Trinajstić information content (AvgIpc) is 3.48. The highest BCUT2D eigenvalue weighted by Crippen LogP contribution is 2.39. The van der Waals surface area contributed by atoms with Crippen molar-refractivity contribution in [3.63, 3.8) is 0 Å². The number of amidine groups is 1. The van der Waals surface area contributed by atoms with Crippen molar-refractivity contribution in [2.75, 3.05) is 0 Å². The molecule has 1 aliphatic heterocycles. The smallest absolute Gasteiger partial charge is 0.159 e. The normalized spacial score (nSPS) is 18.0. The van der Waals surface area contributed by atoms with Gasteiger partial charge >= 0.3 is 0 Å². The van der Waals surface area contributed by atoms with Crippen LogP contribution in [0.5, 0.6) is 0 Å². The molecule has 8 aromatic carbocycles. The van der Waals surface area contributed by atoms with E-state index in [-0.39, 0.29) is 6.04 Å². The van der Waals surface area contributed by atoms with Gasteiger partial charge in [0.05, 0.1) is 0 Å². The number of benzene rings is 8. The Bertz CT molecular complexity index is 3430. The van der Waals surface area contributed by atoms with Crippen molar-refractivity contribution in [1.82, 2.24) is 5.32 Å². The minimum Gasteiger partial charge on any atom is -0.387 e. The van der Waals surface area contributed by atoms with E-state index in [1.807, 2.05) is 27.7 Å². The zero-order chi connectivity index (χ0) is 52.7. The van der Waals surface area contributed by atoms with E-state index in [4.69, 9.17) is 16.6 Å². The molecule has 8 aromatic rings. The van der Waals surface area contributed by atoms with Crippen molar-refractivity contribution >= 4 is 29.4 Å². The lowest BCUT2D eigenvalue weighted by atomic mass is 9.75. The van der Waals surface area contributed by atoms with E-state index >= 15 is 0 Å². The fourth-order valence-electron chi connectivity index (χ4n) is 10.0. The Balaban J connectivity index is 0.00000182. The fourth-order valence-corrected chi connectivity index (χ4v) is 10.0. The molecule has 10 rings (SSSR count). The zero-order valence-electron chi connectivity index (χ0n) is 45.3. The number of aliphatic imine (C=N–C) groups is 2. The van der Waals surface area contributed by atoms with Crippen molar-refractivity contribution in [3.05, 3.63) is 258 Å². The summed E-state index contributed by atoms with van der Waals surface area (Å²) in [5.74, 6) is 1.17. The van der Waals surface area contributed by atoms with Gasteiger partial charge in [0.15, 0.2) is 5.84 Å². The van der Waals surface area contributed by atoms with Crippen LogP contribution in [0.4, 0.5) is 0 Å². The largest absolute Gasteiger partial charge is 0.387 e. The summed E-state index contributed by atoms with van der Waals surface area (Å²) in [7, 11) is 0. The molecule has 0 aromatic heterocycles. The van der Waals surface area contributed by atoms with Gasteiger partial charge in [-0.05, 0) is 163 Å². The standard InChI is InChI=1S/C68H61N3.2C2H6/c1-6-66-68(5,37-36-53-26-16-17-27-59(53)46-69-66)49(4)71-67(58-31-19-30-57(39-58)65-43-60(50-20-10-7-11-21-50)40-61(44-65)51-22-12-8-13-23-51)70-48(3)55-28-18-29-56(38-55)64-42-62(52-24-14-9-15-25-52)41-63(45-64)54-34-32-47(2)33-35-54;2*1-2/h7-32,34-36,38-47,66,69H,4,6,33,37H2,1-3,5H3;2*1-2H3/b53-36-,59-46-,70-48?,71-67?;;. The number of hydrogen-bond acceptors (Lipinski definition) is 2. The van der Waals surface area contributed by atoms with Gasteiger partial charge in [-0.15, -0.1) is 0 Å². The number of nitrogens with one attached hydrogen (secondary N) is 1. The lowest BCUT2D eigenvalue weighted by molar-refractivity contribution is 0.288. The molecule has 2 aliphatic rings. The molecule has 0 saturated heterocycles. The lowest BCUT2D eigenvalue weighted by Gasteiger charge is -2.38. The monoisotopic (exact) mass is 980 g/mol. The molecule has 0 saturated carbocycles. The van der Waals surface area contributed by atoms with E-state index in [0.717, 1.165) is 75.2 Å². The first-order valence-corrected chi connectivity index (χ1v) is 27.1. The summed E-state index contributed by atoms with van der Waals surface area (Å²) in [6, 6.07) is 72.0. The Morgan fingerprint density at radius 3 is 1.48 bits per heavy atom. The fraction of sp³-hybridized carbons (Fsp3) is 0.194. The van der Waals surface area contributed by atoms with Crippen LogP contribution in [0.15, 0.2) is 241 Å². The minimum atomic E-state index is -0.415. The van der Waals surface area contributed by atoms with Crippen molar-refractivity contribution in [3.8, 4) is 55.6 Å². The molecule has 0 fully saturated rings. The van der Waals surface area contributed by atoms with Crippen molar-refractivity contribution in [1.29, 1.82) is 0 Å². The number of hydrogen-bond donors (Lipinski definition) is 1. The predicted molar refractivity (Wildman–Crippen MR) is 326 cm³/mol. The summed E-state index contributed by atoms with van der Waals surface area (Å²) < 4.78 is 0. The van der Waals surface area contributed by atoms with Gasteiger partial charge in [-0.2, -0.15) is 0 Å². The summed E-state index contributed by atoms with van der Waals surface area (Å²) in [5, 5.41) is 6.18. The van der Waals surface area contributed by atoms with Gasteiger partial charge in [0, 0.05) is 34.6 Å². The van der Waals surface area contributed by atoms with Crippen molar-refractivity contribution in [2.45, 2.75) is 80.7 Å². The van der Waals surface area contributed by atoms with Gasteiger partial charge in [-0.3, -0.25) is 0 Å². The molecule has 3 heteroatoms. The maximum absolute atomic E-state index is 5.54. The summed E-state index contributed by atoms with van der Waals surface area (Å²) in [6.07, 6.45) is 14.2. The lowest BCUT2D eigenvalue weighted by Crippen LogP contribution is -2.45. The molecule has 75 heavy (non-hydrogen) atoms. The first kappa shape index (κ1) is 53.2. The second-order valence-electron chi connectivity index (χ2n) is 19.4. The van der Waals surface area contributed by atoms with E-state index in [0.29, 0.717) is 11.8 Å². The number of nitrogens with zero attached hydrogens (tertiary/aromatic N) is 2. The van der Waals surface area contributed by atoms with E-state index < -0.39 is 5.41 Å². The Labute approximate surface area is 447 Å². The minimum absolute atomic E-state index is 0.0923. The van der Waals surface area contributed by atoms with Crippen LogP contribution in [0.1, 0.15) is 91.3 Å². The second-order valence-corrected chi connectivity index (χ2v) is 19.4. The molecule has 0 bridgehead atoms. The molecule has 0 spiro atoms. The SMILES string of the molecule is C=C(N=C(N=C(C)c1cccc(-c2cc(C3=CCC(C)C=C3)cc(-c3ccccc3)c2)c1)c1cccc(-c2cc(-c3ccccc3)cc(-c3ccccc3)c2)c1)C1(C)C/C=c2/cccc/c2=C/NC1CC.CC.CC. The maximum Gasteiger partial charge on any atom is 0.159 e. The topological polar surface area (TPSA) is 36.8 Å². The highest BCUT2D eigenvalue weighted by atomic mass is 15.0. The molecule has 1 N–H and O–H groups in total. The highest BCUT2D eigenvalue weighted by Gasteiger charge is 2.36.